The van der Waals surface area contributed by atoms with Crippen LogP contribution in [0.5, 0.6) is 0 Å². The van der Waals surface area contributed by atoms with Crippen LogP contribution < -0.4 is 0 Å². The van der Waals surface area contributed by atoms with Crippen LogP contribution in [0.1, 0.15) is 42.6 Å². The zero-order valence-electron chi connectivity index (χ0n) is 13.0. The van der Waals surface area contributed by atoms with Crippen molar-refractivity contribution >= 4 is 5.78 Å². The number of carbonyl (C=O) groups excluding carboxylic acids is 1. The van der Waals surface area contributed by atoms with Crippen molar-refractivity contribution in [3.05, 3.63) is 71.8 Å². The van der Waals surface area contributed by atoms with E-state index in [1.54, 1.807) is 0 Å². The first kappa shape index (κ1) is 15.5. The molecular weight excluding hydrogens is 256 g/mol. The second-order valence-corrected chi connectivity index (χ2v) is 5.87. The van der Waals surface area contributed by atoms with Crippen LogP contribution in [0.2, 0.25) is 0 Å². The number of ketones is 1. The molecule has 2 atom stereocenters. The summed E-state index contributed by atoms with van der Waals surface area (Å²) in [6.07, 6.45) is 2.91. The Morgan fingerprint density at radius 1 is 0.952 bits per heavy atom. The summed E-state index contributed by atoms with van der Waals surface area (Å²) < 4.78 is 0. The molecular formula is C20H24O. The molecule has 0 saturated carbocycles. The van der Waals surface area contributed by atoms with Gasteiger partial charge in [-0.2, -0.15) is 0 Å². The molecule has 0 saturated heterocycles. The van der Waals surface area contributed by atoms with E-state index in [0.29, 0.717) is 5.92 Å². The Balaban J connectivity index is 1.97. The molecule has 110 valence electrons. The topological polar surface area (TPSA) is 17.1 Å². The Bertz CT molecular complexity index is 545. The maximum Gasteiger partial charge on any atom is 0.165 e. The first-order chi connectivity index (χ1) is 10.2. The largest absolute Gasteiger partial charge is 0.294 e. The lowest BCUT2D eigenvalue weighted by atomic mass is 9.85. The highest BCUT2D eigenvalue weighted by atomic mass is 16.1. The van der Waals surface area contributed by atoms with E-state index < -0.39 is 0 Å². The van der Waals surface area contributed by atoms with E-state index in [1.807, 2.05) is 36.4 Å². The first-order valence-corrected chi connectivity index (χ1v) is 7.84. The number of benzene rings is 2. The smallest absolute Gasteiger partial charge is 0.165 e. The summed E-state index contributed by atoms with van der Waals surface area (Å²) in [5, 5.41) is 0. The lowest BCUT2D eigenvalue weighted by molar-refractivity contribution is 0.0898. The molecule has 0 bridgehead atoms. The van der Waals surface area contributed by atoms with Crippen molar-refractivity contribution in [2.75, 3.05) is 0 Å². The number of hydrogen-bond acceptors (Lipinski definition) is 1. The molecule has 0 fully saturated rings. The molecule has 2 rings (SSSR count). The zero-order chi connectivity index (χ0) is 15.1. The van der Waals surface area contributed by atoms with Crippen LogP contribution in [0.3, 0.4) is 0 Å². The highest BCUT2D eigenvalue weighted by molar-refractivity contribution is 5.97. The van der Waals surface area contributed by atoms with Gasteiger partial charge in [0.25, 0.3) is 0 Å². The molecule has 0 aromatic heterocycles. The summed E-state index contributed by atoms with van der Waals surface area (Å²) in [7, 11) is 0. The van der Waals surface area contributed by atoms with Gasteiger partial charge in [0.2, 0.25) is 0 Å². The molecule has 21 heavy (non-hydrogen) atoms. The minimum Gasteiger partial charge on any atom is -0.294 e. The number of hydrogen-bond donors (Lipinski definition) is 0. The van der Waals surface area contributed by atoms with Crippen LogP contribution in [-0.4, -0.2) is 5.78 Å². The van der Waals surface area contributed by atoms with Gasteiger partial charge in [-0.25, -0.2) is 0 Å². The Hall–Kier alpha value is -1.89. The fourth-order valence-corrected chi connectivity index (χ4v) is 2.88. The van der Waals surface area contributed by atoms with E-state index in [1.165, 1.54) is 5.56 Å². The van der Waals surface area contributed by atoms with Crippen molar-refractivity contribution in [1.82, 2.24) is 0 Å². The van der Waals surface area contributed by atoms with E-state index in [-0.39, 0.29) is 11.7 Å². The minimum atomic E-state index is 0.131. The highest BCUT2D eigenvalue weighted by Crippen LogP contribution is 2.23. The molecule has 0 aliphatic rings. The van der Waals surface area contributed by atoms with Gasteiger partial charge in [-0.05, 0) is 30.7 Å². The van der Waals surface area contributed by atoms with Crippen LogP contribution >= 0.6 is 0 Å². The third-order valence-electron chi connectivity index (χ3n) is 4.04. The van der Waals surface area contributed by atoms with Crippen molar-refractivity contribution in [3.8, 4) is 0 Å². The maximum absolute atomic E-state index is 12.6. The van der Waals surface area contributed by atoms with E-state index >= 15 is 0 Å². The minimum absolute atomic E-state index is 0.131. The lowest BCUT2D eigenvalue weighted by Gasteiger charge is -2.19. The molecule has 2 aromatic rings. The van der Waals surface area contributed by atoms with Gasteiger partial charge in [0.15, 0.2) is 5.78 Å². The van der Waals surface area contributed by atoms with E-state index in [2.05, 4.69) is 38.1 Å². The van der Waals surface area contributed by atoms with E-state index in [9.17, 15) is 4.79 Å². The molecule has 0 N–H and O–H groups in total. The van der Waals surface area contributed by atoms with Crippen LogP contribution in [0.25, 0.3) is 0 Å². The summed E-state index contributed by atoms with van der Waals surface area (Å²) in [5.41, 5.74) is 2.20. The van der Waals surface area contributed by atoms with Crippen LogP contribution in [0, 0.1) is 11.8 Å². The lowest BCUT2D eigenvalue weighted by Crippen LogP contribution is -2.18. The maximum atomic E-state index is 12.6. The number of Topliss-reactive ketones (excluding diaryl/α,β-unsaturated/α-hetero) is 1. The Labute approximate surface area is 128 Å². The molecule has 0 amide bonds. The molecule has 2 aromatic carbocycles. The summed E-state index contributed by atoms with van der Waals surface area (Å²) >= 11 is 0. The fourth-order valence-electron chi connectivity index (χ4n) is 2.88. The standard InChI is InChI=1S/C20H24O/c1-3-18(20(21)19-12-8-5-9-13-19)15-16(2)14-17-10-6-4-7-11-17/h4-13,16,18H,3,14-15H2,1-2H3. The summed E-state index contributed by atoms with van der Waals surface area (Å²) in [4.78, 5) is 12.6. The Morgan fingerprint density at radius 2 is 1.52 bits per heavy atom. The van der Waals surface area contributed by atoms with Crippen molar-refractivity contribution in [2.24, 2.45) is 11.8 Å². The second-order valence-electron chi connectivity index (χ2n) is 5.87. The van der Waals surface area contributed by atoms with E-state index in [0.717, 1.165) is 24.8 Å². The first-order valence-electron chi connectivity index (χ1n) is 7.84. The normalized spacial score (nSPS) is 13.6. The Morgan fingerprint density at radius 3 is 2.10 bits per heavy atom. The Kier molecular flexibility index (Phi) is 5.74. The monoisotopic (exact) mass is 280 g/mol. The van der Waals surface area contributed by atoms with Gasteiger partial charge in [0.1, 0.15) is 0 Å². The molecule has 0 heterocycles. The van der Waals surface area contributed by atoms with Crippen LogP contribution in [0.4, 0.5) is 0 Å². The van der Waals surface area contributed by atoms with E-state index in [4.69, 9.17) is 0 Å². The van der Waals surface area contributed by atoms with Gasteiger partial charge in [-0.1, -0.05) is 74.5 Å². The molecule has 1 nitrogen and oxygen atoms in total. The van der Waals surface area contributed by atoms with Gasteiger partial charge >= 0.3 is 0 Å². The average molecular weight is 280 g/mol. The van der Waals surface area contributed by atoms with Gasteiger partial charge in [-0.15, -0.1) is 0 Å². The van der Waals surface area contributed by atoms with Crippen LogP contribution in [0.15, 0.2) is 60.7 Å². The quantitative estimate of drug-likeness (QED) is 0.640. The summed E-state index contributed by atoms with van der Waals surface area (Å²) in [5.74, 6) is 0.939. The SMILES string of the molecule is CCC(CC(C)Cc1ccccc1)C(=O)c1ccccc1. The highest BCUT2D eigenvalue weighted by Gasteiger charge is 2.20. The molecule has 0 aliphatic carbocycles. The number of carbonyl (C=O) groups is 1. The van der Waals surface area contributed by atoms with Gasteiger partial charge in [-0.3, -0.25) is 4.79 Å². The molecule has 1 heteroatoms. The predicted molar refractivity (Wildman–Crippen MR) is 88.5 cm³/mol. The molecule has 0 spiro atoms. The van der Waals surface area contributed by atoms with Crippen LogP contribution in [-0.2, 0) is 6.42 Å². The fraction of sp³-hybridized carbons (Fsp3) is 0.350. The van der Waals surface area contributed by atoms with Crippen molar-refractivity contribution in [1.29, 1.82) is 0 Å². The molecule has 0 radical (unpaired) electrons. The van der Waals surface area contributed by atoms with Crippen molar-refractivity contribution in [3.63, 3.8) is 0 Å². The summed E-state index contributed by atoms with van der Waals surface area (Å²) in [6.45, 7) is 4.36. The average Bonchev–Trinajstić information content (AvgIpc) is 2.53. The third-order valence-corrected chi connectivity index (χ3v) is 4.04. The second kappa shape index (κ2) is 7.78. The van der Waals surface area contributed by atoms with Gasteiger partial charge < -0.3 is 0 Å². The third kappa shape index (κ3) is 4.56. The molecule has 0 aliphatic heterocycles. The van der Waals surface area contributed by atoms with Gasteiger partial charge in [0.05, 0.1) is 0 Å². The number of rotatable bonds is 7. The van der Waals surface area contributed by atoms with Crippen molar-refractivity contribution < 1.29 is 4.79 Å². The van der Waals surface area contributed by atoms with Gasteiger partial charge in [0, 0.05) is 11.5 Å². The van der Waals surface area contributed by atoms with Crippen molar-refractivity contribution in [2.45, 2.75) is 33.1 Å². The zero-order valence-corrected chi connectivity index (χ0v) is 13.0. The summed E-state index contributed by atoms with van der Waals surface area (Å²) in [6, 6.07) is 20.2. The molecule has 2 unspecified atom stereocenters. The predicted octanol–water partition coefficient (Wildman–Crippen LogP) is 5.16.